The highest BCUT2D eigenvalue weighted by molar-refractivity contribution is 7.02. The average Bonchev–Trinajstić information content (AvgIpc) is 3.03. The molecule has 222 valence electrons. The van der Waals surface area contributed by atoms with Crippen molar-refractivity contribution in [2.75, 3.05) is 4.90 Å². The molecule has 0 unspecified atom stereocenters. The lowest BCUT2D eigenvalue weighted by molar-refractivity contribution is 0.320. The largest absolute Gasteiger partial charge is 0.458 e. The van der Waals surface area contributed by atoms with Crippen molar-refractivity contribution in [2.45, 2.75) is 64.5 Å². The van der Waals surface area contributed by atoms with Crippen LogP contribution in [-0.2, 0) is 10.8 Å². The van der Waals surface area contributed by atoms with Gasteiger partial charge >= 0.3 is 0 Å². The van der Waals surface area contributed by atoms with Gasteiger partial charge in [0.15, 0.2) is 0 Å². The van der Waals surface area contributed by atoms with Gasteiger partial charge in [-0.2, -0.15) is 0 Å². The SMILES string of the molecule is CC1(C)CCC(C)(C)c2c1ccc1c2Oc2cc(N3c4ccccc4[Si](C)(C)c4ccccc43)cc3c2B1c1ccccc1O3. The lowest BCUT2D eigenvalue weighted by Gasteiger charge is -2.45. The first kappa shape index (κ1) is 27.1. The smallest absolute Gasteiger partial charge is 0.260 e. The normalized spacial score (nSPS) is 18.6. The fraction of sp³-hybridized carbons (Fsp3) is 0.250. The fourth-order valence-electron chi connectivity index (χ4n) is 8.69. The Balaban J connectivity index is 1.32. The zero-order valence-corrected chi connectivity index (χ0v) is 28.0. The first-order valence-electron chi connectivity index (χ1n) is 16.4. The number of para-hydroxylation sites is 3. The van der Waals surface area contributed by atoms with Crippen molar-refractivity contribution in [3.8, 4) is 23.0 Å². The van der Waals surface area contributed by atoms with E-state index in [0.29, 0.717) is 0 Å². The lowest BCUT2D eigenvalue weighted by atomic mass is 9.34. The molecule has 1 aliphatic carbocycles. The minimum Gasteiger partial charge on any atom is -0.458 e. The van der Waals surface area contributed by atoms with Crippen LogP contribution in [0.25, 0.3) is 0 Å². The maximum Gasteiger partial charge on any atom is 0.260 e. The molecule has 0 spiro atoms. The second-order valence-electron chi connectivity index (χ2n) is 15.2. The van der Waals surface area contributed by atoms with Crippen LogP contribution >= 0.6 is 0 Å². The number of rotatable bonds is 1. The standard InChI is InChI=1S/C40H38BNO2Si/c1-39(2)21-22-40(3,4)36-26(39)19-20-28-38(36)44-33-24-25(23-32-37(33)41(28)27-13-7-10-16-31(27)43-32)42-29-14-8-11-17-34(29)45(5,6)35-18-12-9-15-30(35)42/h7-20,23-24H,21-22H2,1-6H3. The van der Waals surface area contributed by atoms with Crippen molar-refractivity contribution in [2.24, 2.45) is 0 Å². The maximum absolute atomic E-state index is 7.22. The predicted molar refractivity (Wildman–Crippen MR) is 191 cm³/mol. The Labute approximate surface area is 267 Å². The zero-order valence-electron chi connectivity index (χ0n) is 27.0. The Bertz CT molecular complexity index is 2030. The molecule has 5 heteroatoms. The van der Waals surface area contributed by atoms with Crippen LogP contribution in [0.2, 0.25) is 13.1 Å². The van der Waals surface area contributed by atoms with E-state index >= 15 is 0 Å². The first-order chi connectivity index (χ1) is 21.6. The van der Waals surface area contributed by atoms with Crippen LogP contribution in [0.5, 0.6) is 23.0 Å². The van der Waals surface area contributed by atoms with Gasteiger partial charge in [0.2, 0.25) is 0 Å². The molecular formula is C40H38BNO2Si. The summed E-state index contributed by atoms with van der Waals surface area (Å²) in [5.41, 5.74) is 10.1. The summed E-state index contributed by atoms with van der Waals surface area (Å²) < 4.78 is 14.0. The Morgan fingerprint density at radius 1 is 0.644 bits per heavy atom. The number of hydrogen-bond donors (Lipinski definition) is 0. The molecular weight excluding hydrogens is 565 g/mol. The second kappa shape index (κ2) is 8.95. The van der Waals surface area contributed by atoms with Crippen molar-refractivity contribution in [3.05, 3.63) is 108 Å². The quantitative estimate of drug-likeness (QED) is 0.183. The number of nitrogens with zero attached hydrogens (tertiary/aromatic N) is 1. The number of anilines is 3. The molecule has 3 heterocycles. The number of benzene rings is 5. The Morgan fingerprint density at radius 2 is 1.24 bits per heavy atom. The van der Waals surface area contributed by atoms with Crippen molar-refractivity contribution in [3.63, 3.8) is 0 Å². The van der Waals surface area contributed by atoms with Gasteiger partial charge in [0.25, 0.3) is 6.71 Å². The summed E-state index contributed by atoms with van der Waals surface area (Å²) in [7, 11) is -1.90. The lowest BCUT2D eigenvalue weighted by Crippen LogP contribution is -2.59. The fourth-order valence-corrected chi connectivity index (χ4v) is 11.7. The van der Waals surface area contributed by atoms with Gasteiger partial charge in [-0.3, -0.25) is 0 Å². The minimum absolute atomic E-state index is 0.0137. The van der Waals surface area contributed by atoms with Gasteiger partial charge in [0.1, 0.15) is 31.1 Å². The van der Waals surface area contributed by atoms with Crippen LogP contribution in [0.4, 0.5) is 17.1 Å². The highest BCUT2D eigenvalue weighted by atomic mass is 28.3. The second-order valence-corrected chi connectivity index (χ2v) is 19.5. The van der Waals surface area contributed by atoms with Gasteiger partial charge in [-0.25, -0.2) is 0 Å². The van der Waals surface area contributed by atoms with E-state index in [1.807, 2.05) is 0 Å². The monoisotopic (exact) mass is 603 g/mol. The Morgan fingerprint density at radius 3 is 1.96 bits per heavy atom. The Hall–Kier alpha value is -4.22. The van der Waals surface area contributed by atoms with E-state index in [2.05, 4.69) is 143 Å². The molecule has 0 fully saturated rings. The average molecular weight is 604 g/mol. The third-order valence-corrected chi connectivity index (χ3v) is 14.8. The van der Waals surface area contributed by atoms with Crippen LogP contribution in [0.1, 0.15) is 51.7 Å². The highest BCUT2D eigenvalue weighted by Gasteiger charge is 2.47. The highest BCUT2D eigenvalue weighted by Crippen LogP contribution is 2.51. The van der Waals surface area contributed by atoms with Gasteiger partial charge < -0.3 is 14.4 Å². The van der Waals surface area contributed by atoms with Crippen molar-refractivity contribution < 1.29 is 9.47 Å². The molecule has 0 aromatic heterocycles. The van der Waals surface area contributed by atoms with Crippen molar-refractivity contribution >= 4 is 58.6 Å². The van der Waals surface area contributed by atoms with Crippen LogP contribution in [0.15, 0.2) is 97.1 Å². The Kier molecular flexibility index (Phi) is 5.39. The number of fused-ring (bicyclic) bond motifs is 8. The molecule has 0 N–H and O–H groups in total. The molecule has 3 aliphatic heterocycles. The molecule has 5 aromatic carbocycles. The van der Waals surface area contributed by atoms with E-state index in [4.69, 9.17) is 9.47 Å². The first-order valence-corrected chi connectivity index (χ1v) is 19.4. The molecule has 9 rings (SSSR count). The number of hydrogen-bond acceptors (Lipinski definition) is 3. The van der Waals surface area contributed by atoms with Gasteiger partial charge in [-0.15, -0.1) is 0 Å². The third-order valence-electron chi connectivity index (χ3n) is 11.2. The summed E-state index contributed by atoms with van der Waals surface area (Å²) in [6.45, 7) is 14.6. The van der Waals surface area contributed by atoms with E-state index in [-0.39, 0.29) is 17.5 Å². The molecule has 0 saturated heterocycles. The summed E-state index contributed by atoms with van der Waals surface area (Å²) in [5, 5.41) is 2.90. The molecule has 0 amide bonds. The molecule has 0 bridgehead atoms. The van der Waals surface area contributed by atoms with E-state index < -0.39 is 8.07 Å². The van der Waals surface area contributed by atoms with Gasteiger partial charge in [-0.1, -0.05) is 108 Å². The molecule has 0 atom stereocenters. The third kappa shape index (κ3) is 3.65. The van der Waals surface area contributed by atoms with Crippen molar-refractivity contribution in [1.82, 2.24) is 0 Å². The molecule has 45 heavy (non-hydrogen) atoms. The van der Waals surface area contributed by atoms with E-state index in [9.17, 15) is 0 Å². The van der Waals surface area contributed by atoms with Gasteiger partial charge in [0, 0.05) is 34.5 Å². The van der Waals surface area contributed by atoms with E-state index in [1.54, 1.807) is 0 Å². The summed E-state index contributed by atoms with van der Waals surface area (Å²) in [6, 6.07) is 35.7. The number of ether oxygens (including phenoxy) is 2. The topological polar surface area (TPSA) is 21.7 Å². The summed E-state index contributed by atoms with van der Waals surface area (Å²) in [6.07, 6.45) is 2.31. The van der Waals surface area contributed by atoms with E-state index in [1.165, 1.54) is 50.2 Å². The molecule has 5 aromatic rings. The maximum atomic E-state index is 7.22. The molecule has 0 radical (unpaired) electrons. The van der Waals surface area contributed by atoms with Gasteiger partial charge in [0.05, 0.1) is 5.69 Å². The van der Waals surface area contributed by atoms with Crippen LogP contribution < -0.4 is 41.1 Å². The van der Waals surface area contributed by atoms with Crippen molar-refractivity contribution in [1.29, 1.82) is 0 Å². The zero-order chi connectivity index (χ0) is 30.9. The van der Waals surface area contributed by atoms with Crippen LogP contribution in [0.3, 0.4) is 0 Å². The van der Waals surface area contributed by atoms with E-state index in [0.717, 1.165) is 40.6 Å². The summed E-state index contributed by atoms with van der Waals surface area (Å²) in [5.74, 6) is 3.76. The molecule has 4 aliphatic rings. The molecule has 0 saturated carbocycles. The molecule has 3 nitrogen and oxygen atoms in total. The predicted octanol–water partition coefficient (Wildman–Crippen LogP) is 7.37. The van der Waals surface area contributed by atoms with Crippen LogP contribution in [0, 0.1) is 0 Å². The van der Waals surface area contributed by atoms with Crippen LogP contribution in [-0.4, -0.2) is 14.8 Å². The summed E-state index contributed by atoms with van der Waals surface area (Å²) in [4.78, 5) is 2.44. The van der Waals surface area contributed by atoms with Gasteiger partial charge in [-0.05, 0) is 68.7 Å². The minimum atomic E-state index is -1.90. The summed E-state index contributed by atoms with van der Waals surface area (Å²) >= 11 is 0.